The summed E-state index contributed by atoms with van der Waals surface area (Å²) in [6.45, 7) is 1.89. The third kappa shape index (κ3) is 1.47. The van der Waals surface area contributed by atoms with Crippen molar-refractivity contribution in [2.45, 2.75) is 6.92 Å². The van der Waals surface area contributed by atoms with E-state index in [1.807, 2.05) is 25.1 Å². The highest BCUT2D eigenvalue weighted by molar-refractivity contribution is 6.31. The number of hydrogen-bond acceptors (Lipinski definition) is 4. The zero-order valence-electron chi connectivity index (χ0n) is 7.47. The molecule has 2 rings (SSSR count). The van der Waals surface area contributed by atoms with Crippen LogP contribution in [0.1, 0.15) is 5.56 Å². The molecule has 14 heavy (non-hydrogen) atoms. The standard InChI is InChI=1S/C8H9ClN4O/c1-5-6(9)3-2-4-7(5)13-11-8(10)14-12-13/h2-4,12H,1H3,(H2,10,11). The fraction of sp³-hybridized carbons (Fsp3) is 0.125. The molecule has 0 aromatic heterocycles. The molecule has 74 valence electrons. The monoisotopic (exact) mass is 212 g/mol. The molecule has 1 heterocycles. The highest BCUT2D eigenvalue weighted by atomic mass is 35.5. The summed E-state index contributed by atoms with van der Waals surface area (Å²) in [6.07, 6.45) is 0. The van der Waals surface area contributed by atoms with E-state index in [1.54, 1.807) is 0 Å². The number of halogens is 1. The Morgan fingerprint density at radius 2 is 2.29 bits per heavy atom. The second-order valence-corrected chi connectivity index (χ2v) is 3.26. The van der Waals surface area contributed by atoms with Gasteiger partial charge in [-0.05, 0) is 30.2 Å². The van der Waals surface area contributed by atoms with Gasteiger partial charge in [0.15, 0.2) is 0 Å². The Morgan fingerprint density at radius 3 is 2.93 bits per heavy atom. The average Bonchev–Trinajstić information content (AvgIpc) is 2.57. The van der Waals surface area contributed by atoms with Crippen molar-refractivity contribution >= 4 is 23.3 Å². The molecule has 1 aromatic rings. The lowest BCUT2D eigenvalue weighted by atomic mass is 10.2. The first-order valence-corrected chi connectivity index (χ1v) is 4.39. The summed E-state index contributed by atoms with van der Waals surface area (Å²) in [7, 11) is 0. The van der Waals surface area contributed by atoms with E-state index in [4.69, 9.17) is 21.8 Å². The number of nitrogens with one attached hydrogen (secondary N) is 3. The molecule has 6 heteroatoms. The first-order chi connectivity index (χ1) is 6.68. The van der Waals surface area contributed by atoms with Gasteiger partial charge in [0.1, 0.15) is 0 Å². The highest BCUT2D eigenvalue weighted by Gasteiger charge is 2.19. The zero-order chi connectivity index (χ0) is 10.1. The minimum Gasteiger partial charge on any atom is -0.348 e. The van der Waals surface area contributed by atoms with Crippen molar-refractivity contribution in [3.63, 3.8) is 0 Å². The Balaban J connectivity index is 2.32. The van der Waals surface area contributed by atoms with Crippen molar-refractivity contribution in [3.05, 3.63) is 28.8 Å². The number of anilines is 1. The van der Waals surface area contributed by atoms with Crippen LogP contribution in [0.4, 0.5) is 5.69 Å². The Bertz CT molecular complexity index is 382. The molecular weight excluding hydrogens is 204 g/mol. The summed E-state index contributed by atoms with van der Waals surface area (Å²) < 4.78 is 0. The van der Waals surface area contributed by atoms with Crippen molar-refractivity contribution in [2.75, 3.05) is 5.12 Å². The fourth-order valence-electron chi connectivity index (χ4n) is 1.19. The van der Waals surface area contributed by atoms with E-state index in [0.717, 1.165) is 11.3 Å². The van der Waals surface area contributed by atoms with E-state index >= 15 is 0 Å². The molecule has 1 fully saturated rings. The summed E-state index contributed by atoms with van der Waals surface area (Å²) in [6, 6.07) is 5.45. The van der Waals surface area contributed by atoms with Crippen molar-refractivity contribution in [3.8, 4) is 0 Å². The third-order valence-electron chi connectivity index (χ3n) is 1.93. The third-order valence-corrected chi connectivity index (χ3v) is 2.34. The molecule has 0 spiro atoms. The lowest BCUT2D eigenvalue weighted by molar-refractivity contribution is 0.208. The van der Waals surface area contributed by atoms with Crippen LogP contribution in [0.25, 0.3) is 0 Å². The van der Waals surface area contributed by atoms with E-state index in [-0.39, 0.29) is 6.02 Å². The Morgan fingerprint density at radius 1 is 1.50 bits per heavy atom. The Labute approximate surface area is 86.0 Å². The van der Waals surface area contributed by atoms with E-state index < -0.39 is 0 Å². The van der Waals surface area contributed by atoms with Gasteiger partial charge in [-0.3, -0.25) is 0 Å². The van der Waals surface area contributed by atoms with Crippen molar-refractivity contribution in [1.82, 2.24) is 11.0 Å². The number of benzene rings is 1. The number of hydrogen-bond donors (Lipinski definition) is 3. The van der Waals surface area contributed by atoms with E-state index in [2.05, 4.69) is 11.0 Å². The van der Waals surface area contributed by atoms with Crippen molar-refractivity contribution < 1.29 is 4.84 Å². The molecule has 1 aromatic carbocycles. The minimum atomic E-state index is -0.0515. The van der Waals surface area contributed by atoms with Gasteiger partial charge in [-0.1, -0.05) is 17.7 Å². The normalized spacial score (nSPS) is 15.3. The van der Waals surface area contributed by atoms with Crippen LogP contribution in [0.5, 0.6) is 0 Å². The van der Waals surface area contributed by atoms with Crippen LogP contribution >= 0.6 is 11.6 Å². The SMILES string of the molecule is Cc1c(Cl)cccc1N1NOC(=N)N1. The molecule has 0 amide bonds. The molecule has 0 unspecified atom stereocenters. The minimum absolute atomic E-state index is 0.0515. The van der Waals surface area contributed by atoms with Gasteiger partial charge in [0.05, 0.1) is 5.69 Å². The topological polar surface area (TPSA) is 60.4 Å². The lowest BCUT2D eigenvalue weighted by Crippen LogP contribution is -2.39. The second-order valence-electron chi connectivity index (χ2n) is 2.85. The van der Waals surface area contributed by atoms with Crippen LogP contribution in [0.2, 0.25) is 5.02 Å². The van der Waals surface area contributed by atoms with E-state index in [9.17, 15) is 0 Å². The van der Waals surface area contributed by atoms with Crippen LogP contribution in [-0.2, 0) is 4.84 Å². The van der Waals surface area contributed by atoms with Gasteiger partial charge in [-0.15, -0.1) is 0 Å². The molecule has 0 saturated carbocycles. The predicted octanol–water partition coefficient (Wildman–Crippen LogP) is 1.34. The smallest absolute Gasteiger partial charge is 0.324 e. The first-order valence-electron chi connectivity index (χ1n) is 4.01. The van der Waals surface area contributed by atoms with Gasteiger partial charge < -0.3 is 4.84 Å². The van der Waals surface area contributed by atoms with Gasteiger partial charge >= 0.3 is 6.02 Å². The first kappa shape index (κ1) is 9.11. The van der Waals surface area contributed by atoms with Crippen molar-refractivity contribution in [1.29, 1.82) is 5.41 Å². The molecule has 0 bridgehead atoms. The number of amidine groups is 1. The summed E-state index contributed by atoms with van der Waals surface area (Å²) in [5.41, 5.74) is 6.92. The Kier molecular flexibility index (Phi) is 2.18. The molecule has 1 saturated heterocycles. The fourth-order valence-corrected chi connectivity index (χ4v) is 1.36. The molecule has 0 radical (unpaired) electrons. The van der Waals surface area contributed by atoms with Gasteiger partial charge in [-0.2, -0.15) is 5.12 Å². The number of rotatable bonds is 1. The molecule has 0 aliphatic carbocycles. The predicted molar refractivity (Wildman–Crippen MR) is 53.8 cm³/mol. The summed E-state index contributed by atoms with van der Waals surface area (Å²) in [5, 5.41) is 9.34. The van der Waals surface area contributed by atoms with E-state index in [0.29, 0.717) is 5.02 Å². The molecule has 1 aliphatic rings. The summed E-state index contributed by atoms with van der Waals surface area (Å²) >= 11 is 5.95. The quantitative estimate of drug-likeness (QED) is 0.658. The van der Waals surface area contributed by atoms with Crippen LogP contribution in [0, 0.1) is 12.3 Å². The molecule has 1 aliphatic heterocycles. The summed E-state index contributed by atoms with van der Waals surface area (Å²) in [5.74, 6) is 0. The molecular formula is C8H9ClN4O. The van der Waals surface area contributed by atoms with Crippen LogP contribution in [-0.4, -0.2) is 6.02 Å². The largest absolute Gasteiger partial charge is 0.348 e. The van der Waals surface area contributed by atoms with Gasteiger partial charge in [0.25, 0.3) is 0 Å². The maximum Gasteiger partial charge on any atom is 0.324 e. The van der Waals surface area contributed by atoms with Crippen LogP contribution < -0.4 is 16.1 Å². The van der Waals surface area contributed by atoms with Crippen molar-refractivity contribution in [2.24, 2.45) is 0 Å². The maximum atomic E-state index is 7.18. The maximum absolute atomic E-state index is 7.18. The second kappa shape index (κ2) is 3.36. The molecule has 5 nitrogen and oxygen atoms in total. The highest BCUT2D eigenvalue weighted by Crippen LogP contribution is 2.25. The Hall–Kier alpha value is -1.46. The van der Waals surface area contributed by atoms with Gasteiger partial charge in [0.2, 0.25) is 0 Å². The van der Waals surface area contributed by atoms with Gasteiger partial charge in [-0.25, -0.2) is 10.8 Å². The lowest BCUT2D eigenvalue weighted by Gasteiger charge is -2.16. The molecule has 3 N–H and O–H groups in total. The molecule has 0 atom stereocenters. The van der Waals surface area contributed by atoms with Crippen LogP contribution in [0.15, 0.2) is 18.2 Å². The number of hydrazine groups is 2. The number of nitrogens with zero attached hydrogens (tertiary/aromatic N) is 1. The summed E-state index contributed by atoms with van der Waals surface area (Å²) in [4.78, 5) is 4.72. The average molecular weight is 213 g/mol. The van der Waals surface area contributed by atoms with Gasteiger partial charge in [0, 0.05) is 5.02 Å². The van der Waals surface area contributed by atoms with Crippen LogP contribution in [0.3, 0.4) is 0 Å². The zero-order valence-corrected chi connectivity index (χ0v) is 8.22. The van der Waals surface area contributed by atoms with E-state index in [1.165, 1.54) is 5.12 Å².